The molecule has 1 aromatic carbocycles. The molecule has 5 nitrogen and oxygen atoms in total. The van der Waals surface area contributed by atoms with Gasteiger partial charge in [0.25, 0.3) is 0 Å². The van der Waals surface area contributed by atoms with Gasteiger partial charge in [-0.25, -0.2) is 4.39 Å². The lowest BCUT2D eigenvalue weighted by Crippen LogP contribution is -2.13. The van der Waals surface area contributed by atoms with E-state index in [1.54, 1.807) is 23.8 Å². The van der Waals surface area contributed by atoms with Crippen molar-refractivity contribution in [3.63, 3.8) is 0 Å². The Balaban J connectivity index is 2.52. The van der Waals surface area contributed by atoms with Crippen LogP contribution in [0.4, 0.5) is 4.39 Å². The van der Waals surface area contributed by atoms with E-state index in [1.807, 2.05) is 0 Å². The Hall–Kier alpha value is -1.31. The molecular weight excluding hydrogens is 315 g/mol. The van der Waals surface area contributed by atoms with Crippen LogP contribution in [0.15, 0.2) is 22.7 Å². The summed E-state index contributed by atoms with van der Waals surface area (Å²) in [6.07, 6.45) is 0. The minimum atomic E-state index is -0.357. The molecule has 2 aromatic rings. The van der Waals surface area contributed by atoms with Crippen LogP contribution in [0, 0.1) is 5.82 Å². The Kier molecular flexibility index (Phi) is 4.62. The topological polar surface area (TPSA) is 66.0 Å². The Morgan fingerprint density at radius 2 is 2.21 bits per heavy atom. The first-order valence-electron chi connectivity index (χ1n) is 5.74. The van der Waals surface area contributed by atoms with Gasteiger partial charge in [0.15, 0.2) is 5.82 Å². The Labute approximate surface area is 118 Å². The molecule has 0 aliphatic heterocycles. The third kappa shape index (κ3) is 2.83. The van der Waals surface area contributed by atoms with Crippen molar-refractivity contribution in [1.82, 2.24) is 14.8 Å². The van der Waals surface area contributed by atoms with Gasteiger partial charge in [-0.3, -0.25) is 0 Å². The second-order valence-electron chi connectivity index (χ2n) is 3.89. The number of halogens is 2. The SMILES string of the molecule is COCCn1c(CN)nnc1-c1c(F)cccc1Br. The maximum absolute atomic E-state index is 14.0. The molecule has 0 saturated carbocycles. The molecule has 1 aromatic heterocycles. The third-order valence-corrected chi connectivity index (χ3v) is 3.38. The van der Waals surface area contributed by atoms with Crippen LogP contribution >= 0.6 is 15.9 Å². The van der Waals surface area contributed by atoms with Crippen molar-refractivity contribution < 1.29 is 9.13 Å². The largest absolute Gasteiger partial charge is 0.383 e. The standard InChI is InChI=1S/C12H14BrFN4O/c1-19-6-5-18-10(7-15)16-17-12(18)11-8(13)3-2-4-9(11)14/h2-4H,5-7,15H2,1H3. The van der Waals surface area contributed by atoms with E-state index < -0.39 is 0 Å². The van der Waals surface area contributed by atoms with Gasteiger partial charge < -0.3 is 15.0 Å². The molecule has 0 fully saturated rings. The summed E-state index contributed by atoms with van der Waals surface area (Å²) in [7, 11) is 1.60. The molecule has 2 rings (SSSR count). The number of benzene rings is 1. The highest BCUT2D eigenvalue weighted by Gasteiger charge is 2.18. The molecule has 7 heteroatoms. The number of ether oxygens (including phenoxy) is 1. The van der Waals surface area contributed by atoms with E-state index in [2.05, 4.69) is 26.1 Å². The number of hydrogen-bond donors (Lipinski definition) is 1. The van der Waals surface area contributed by atoms with Crippen molar-refractivity contribution in [2.24, 2.45) is 5.73 Å². The minimum absolute atomic E-state index is 0.239. The summed E-state index contributed by atoms with van der Waals surface area (Å²) < 4.78 is 21.4. The van der Waals surface area contributed by atoms with Gasteiger partial charge in [-0.2, -0.15) is 0 Å². The molecule has 0 radical (unpaired) electrons. The fourth-order valence-electron chi connectivity index (χ4n) is 1.80. The van der Waals surface area contributed by atoms with Gasteiger partial charge in [-0.1, -0.05) is 6.07 Å². The van der Waals surface area contributed by atoms with Gasteiger partial charge in [0.05, 0.1) is 18.7 Å². The monoisotopic (exact) mass is 328 g/mol. The van der Waals surface area contributed by atoms with E-state index in [1.165, 1.54) is 6.07 Å². The molecule has 0 bridgehead atoms. The number of methoxy groups -OCH3 is 1. The van der Waals surface area contributed by atoms with Crippen LogP contribution in [0.1, 0.15) is 5.82 Å². The fraction of sp³-hybridized carbons (Fsp3) is 0.333. The zero-order chi connectivity index (χ0) is 13.8. The third-order valence-electron chi connectivity index (χ3n) is 2.72. The molecule has 0 atom stereocenters. The lowest BCUT2D eigenvalue weighted by atomic mass is 10.2. The highest BCUT2D eigenvalue weighted by Crippen LogP contribution is 2.29. The van der Waals surface area contributed by atoms with Crippen molar-refractivity contribution in [3.05, 3.63) is 34.3 Å². The Morgan fingerprint density at radius 1 is 1.42 bits per heavy atom. The van der Waals surface area contributed by atoms with Crippen LogP contribution in [0.2, 0.25) is 0 Å². The van der Waals surface area contributed by atoms with Crippen LogP contribution in [-0.2, 0) is 17.8 Å². The summed E-state index contributed by atoms with van der Waals surface area (Å²) in [6.45, 7) is 1.24. The van der Waals surface area contributed by atoms with Crippen molar-refractivity contribution in [3.8, 4) is 11.4 Å². The quantitative estimate of drug-likeness (QED) is 0.911. The van der Waals surface area contributed by atoms with E-state index in [9.17, 15) is 4.39 Å². The van der Waals surface area contributed by atoms with Crippen LogP contribution in [0.5, 0.6) is 0 Å². The van der Waals surface area contributed by atoms with Crippen molar-refractivity contribution in [1.29, 1.82) is 0 Å². The van der Waals surface area contributed by atoms with E-state index in [0.717, 1.165) is 0 Å². The molecule has 0 spiro atoms. The molecule has 0 aliphatic rings. The molecule has 1 heterocycles. The summed E-state index contributed by atoms with van der Waals surface area (Å²) in [5.41, 5.74) is 6.00. The van der Waals surface area contributed by atoms with E-state index >= 15 is 0 Å². The maximum Gasteiger partial charge on any atom is 0.168 e. The van der Waals surface area contributed by atoms with Crippen LogP contribution in [0.3, 0.4) is 0 Å². The van der Waals surface area contributed by atoms with Gasteiger partial charge in [0, 0.05) is 18.1 Å². The zero-order valence-electron chi connectivity index (χ0n) is 10.4. The molecule has 0 aliphatic carbocycles. The molecule has 102 valence electrons. The molecular formula is C12H14BrFN4O. The number of rotatable bonds is 5. The van der Waals surface area contributed by atoms with E-state index in [4.69, 9.17) is 10.5 Å². The number of hydrogen-bond acceptors (Lipinski definition) is 4. The van der Waals surface area contributed by atoms with Crippen LogP contribution < -0.4 is 5.73 Å². The first kappa shape index (κ1) is 14.1. The molecule has 0 saturated heterocycles. The Bertz CT molecular complexity index is 553. The van der Waals surface area contributed by atoms with Crippen molar-refractivity contribution in [2.75, 3.05) is 13.7 Å². The van der Waals surface area contributed by atoms with E-state index in [-0.39, 0.29) is 12.4 Å². The summed E-state index contributed by atoms with van der Waals surface area (Å²) in [5.74, 6) is 0.689. The predicted molar refractivity (Wildman–Crippen MR) is 72.9 cm³/mol. The summed E-state index contributed by atoms with van der Waals surface area (Å²) in [5, 5.41) is 8.03. The first-order valence-corrected chi connectivity index (χ1v) is 6.53. The summed E-state index contributed by atoms with van der Waals surface area (Å²) in [6, 6.07) is 4.77. The number of nitrogens with zero attached hydrogens (tertiary/aromatic N) is 3. The second kappa shape index (κ2) is 6.23. The number of nitrogens with two attached hydrogens (primary N) is 1. The van der Waals surface area contributed by atoms with Gasteiger partial charge >= 0.3 is 0 Å². The highest BCUT2D eigenvalue weighted by atomic mass is 79.9. The molecule has 0 unspecified atom stereocenters. The fourth-order valence-corrected chi connectivity index (χ4v) is 2.32. The van der Waals surface area contributed by atoms with Gasteiger partial charge in [0.1, 0.15) is 11.6 Å². The van der Waals surface area contributed by atoms with E-state index in [0.29, 0.717) is 34.8 Å². The Morgan fingerprint density at radius 3 is 2.84 bits per heavy atom. The second-order valence-corrected chi connectivity index (χ2v) is 4.74. The van der Waals surface area contributed by atoms with Gasteiger partial charge in [-0.15, -0.1) is 10.2 Å². The molecule has 0 amide bonds. The lowest BCUT2D eigenvalue weighted by Gasteiger charge is -2.10. The minimum Gasteiger partial charge on any atom is -0.383 e. The number of aromatic nitrogens is 3. The first-order chi connectivity index (χ1) is 9.19. The van der Waals surface area contributed by atoms with Crippen molar-refractivity contribution >= 4 is 15.9 Å². The van der Waals surface area contributed by atoms with Crippen LogP contribution in [-0.4, -0.2) is 28.5 Å². The smallest absolute Gasteiger partial charge is 0.168 e. The average Bonchev–Trinajstić information content (AvgIpc) is 2.79. The average molecular weight is 329 g/mol. The predicted octanol–water partition coefficient (Wildman–Crippen LogP) is 1.95. The molecule has 19 heavy (non-hydrogen) atoms. The maximum atomic E-state index is 14.0. The zero-order valence-corrected chi connectivity index (χ0v) is 12.0. The summed E-state index contributed by atoms with van der Waals surface area (Å²) in [4.78, 5) is 0. The lowest BCUT2D eigenvalue weighted by molar-refractivity contribution is 0.186. The normalized spacial score (nSPS) is 10.9. The highest BCUT2D eigenvalue weighted by molar-refractivity contribution is 9.10. The molecule has 2 N–H and O–H groups in total. The van der Waals surface area contributed by atoms with Gasteiger partial charge in [0.2, 0.25) is 0 Å². The summed E-state index contributed by atoms with van der Waals surface area (Å²) >= 11 is 3.33. The van der Waals surface area contributed by atoms with Crippen LogP contribution in [0.25, 0.3) is 11.4 Å². The van der Waals surface area contributed by atoms with Crippen molar-refractivity contribution in [2.45, 2.75) is 13.1 Å². The van der Waals surface area contributed by atoms with Gasteiger partial charge in [-0.05, 0) is 28.1 Å².